The minimum Gasteiger partial charge on any atom is -0.367 e. The van der Waals surface area contributed by atoms with E-state index in [9.17, 15) is 0 Å². The van der Waals surface area contributed by atoms with Gasteiger partial charge in [0.05, 0.1) is 0 Å². The summed E-state index contributed by atoms with van der Waals surface area (Å²) in [6.45, 7) is 2.36. The molecule has 2 rings (SSSR count). The molecule has 58 valence electrons. The van der Waals surface area contributed by atoms with Gasteiger partial charge in [-0.1, -0.05) is 6.92 Å². The lowest BCUT2D eigenvalue weighted by Crippen LogP contribution is -2.39. The van der Waals surface area contributed by atoms with E-state index in [-0.39, 0.29) is 0 Å². The van der Waals surface area contributed by atoms with Gasteiger partial charge in [0.1, 0.15) is 6.23 Å². The smallest absolute Gasteiger partial charge is 0.107 e. The minimum absolute atomic E-state index is 0.334. The van der Waals surface area contributed by atoms with Gasteiger partial charge in [-0.15, -0.1) is 0 Å². The molecule has 10 heavy (non-hydrogen) atoms. The molecule has 0 amide bonds. The summed E-state index contributed by atoms with van der Waals surface area (Å²) in [5.74, 6) is 0. The summed E-state index contributed by atoms with van der Waals surface area (Å²) < 4.78 is 5.22. The van der Waals surface area contributed by atoms with E-state index >= 15 is 0 Å². The van der Waals surface area contributed by atoms with Crippen molar-refractivity contribution in [2.45, 2.75) is 38.5 Å². The fourth-order valence-corrected chi connectivity index (χ4v) is 1.90. The highest BCUT2D eigenvalue weighted by atomic mass is 16.5. The van der Waals surface area contributed by atoms with Crippen molar-refractivity contribution in [1.29, 1.82) is 0 Å². The van der Waals surface area contributed by atoms with Crippen LogP contribution in [-0.2, 0) is 4.74 Å². The molecule has 0 aromatic rings. The Bertz CT molecular complexity index is 148. The van der Waals surface area contributed by atoms with Crippen molar-refractivity contribution in [3.05, 3.63) is 0 Å². The summed E-state index contributed by atoms with van der Waals surface area (Å²) in [4.78, 5) is 0. The highest BCUT2D eigenvalue weighted by Crippen LogP contribution is 2.52. The Morgan fingerprint density at radius 3 is 3.00 bits per heavy atom. The Labute approximate surface area is 61.9 Å². The van der Waals surface area contributed by atoms with E-state index in [0.717, 1.165) is 6.04 Å². The number of methoxy groups -OCH3 is 1. The molecule has 2 fully saturated rings. The number of fused-ring (bicyclic) bond motifs is 1. The number of piperidine rings is 1. The molecule has 0 spiro atoms. The molecule has 0 aromatic carbocycles. The summed E-state index contributed by atoms with van der Waals surface area (Å²) in [7, 11) is 1.78. The Morgan fingerprint density at radius 2 is 2.40 bits per heavy atom. The van der Waals surface area contributed by atoms with Gasteiger partial charge in [-0.2, -0.15) is 0 Å². The Morgan fingerprint density at radius 1 is 1.60 bits per heavy atom. The molecule has 2 nitrogen and oxygen atoms in total. The zero-order valence-electron chi connectivity index (χ0n) is 6.68. The van der Waals surface area contributed by atoms with Crippen LogP contribution in [0.25, 0.3) is 0 Å². The Hall–Kier alpha value is -0.0800. The van der Waals surface area contributed by atoms with Gasteiger partial charge in [0.25, 0.3) is 0 Å². The molecule has 0 aromatic heterocycles. The topological polar surface area (TPSA) is 21.3 Å². The van der Waals surface area contributed by atoms with Crippen LogP contribution in [0.15, 0.2) is 0 Å². The van der Waals surface area contributed by atoms with Crippen molar-refractivity contribution in [3.8, 4) is 0 Å². The molecule has 3 atom stereocenters. The van der Waals surface area contributed by atoms with Crippen molar-refractivity contribution in [1.82, 2.24) is 5.32 Å². The molecule has 2 heteroatoms. The maximum Gasteiger partial charge on any atom is 0.107 e. The van der Waals surface area contributed by atoms with Crippen LogP contribution in [-0.4, -0.2) is 19.4 Å². The van der Waals surface area contributed by atoms with Gasteiger partial charge >= 0.3 is 0 Å². The Kier molecular flexibility index (Phi) is 1.29. The first kappa shape index (κ1) is 6.62. The van der Waals surface area contributed by atoms with Gasteiger partial charge < -0.3 is 4.74 Å². The third kappa shape index (κ3) is 0.867. The molecule has 3 unspecified atom stereocenters. The minimum atomic E-state index is 0.334. The fraction of sp³-hybridized carbons (Fsp3) is 1.00. The van der Waals surface area contributed by atoms with Gasteiger partial charge in [-0.05, 0) is 24.7 Å². The number of ether oxygens (including phenoxy) is 1. The van der Waals surface area contributed by atoms with Gasteiger partial charge in [-0.3, -0.25) is 5.32 Å². The van der Waals surface area contributed by atoms with Crippen molar-refractivity contribution < 1.29 is 4.74 Å². The summed E-state index contributed by atoms with van der Waals surface area (Å²) >= 11 is 0. The van der Waals surface area contributed by atoms with Crippen molar-refractivity contribution in [2.24, 2.45) is 5.41 Å². The van der Waals surface area contributed by atoms with Crippen LogP contribution in [0.1, 0.15) is 26.2 Å². The average Bonchev–Trinajstić information content (AvgIpc) is 2.59. The quantitative estimate of drug-likeness (QED) is 0.591. The van der Waals surface area contributed by atoms with E-state index in [1.165, 1.54) is 19.3 Å². The predicted molar refractivity (Wildman–Crippen MR) is 39.7 cm³/mol. The molecular weight excluding hydrogens is 126 g/mol. The number of nitrogens with one attached hydrogen (secondary N) is 1. The molecule has 1 saturated carbocycles. The van der Waals surface area contributed by atoms with Gasteiger partial charge in [0.2, 0.25) is 0 Å². The highest BCUT2D eigenvalue weighted by Gasteiger charge is 2.52. The van der Waals surface area contributed by atoms with Crippen molar-refractivity contribution in [2.75, 3.05) is 7.11 Å². The van der Waals surface area contributed by atoms with Crippen molar-refractivity contribution in [3.63, 3.8) is 0 Å². The first-order valence-electron chi connectivity index (χ1n) is 4.03. The lowest BCUT2D eigenvalue weighted by molar-refractivity contribution is 0.0409. The van der Waals surface area contributed by atoms with E-state index in [0.29, 0.717) is 11.6 Å². The fourth-order valence-electron chi connectivity index (χ4n) is 1.90. The van der Waals surface area contributed by atoms with Gasteiger partial charge in [0, 0.05) is 13.2 Å². The van der Waals surface area contributed by atoms with Crippen LogP contribution in [0.5, 0.6) is 0 Å². The van der Waals surface area contributed by atoms with Crippen molar-refractivity contribution >= 4 is 0 Å². The average molecular weight is 141 g/mol. The van der Waals surface area contributed by atoms with Crippen LogP contribution in [0.2, 0.25) is 0 Å². The highest BCUT2D eigenvalue weighted by molar-refractivity contribution is 5.07. The number of rotatable bonds is 1. The normalized spacial score (nSPS) is 52.2. The molecule has 1 N–H and O–H groups in total. The standard InChI is InChI=1S/C8H15NO/c1-8-4-3-7(10-2)9-6(8)5-8/h6-7,9H,3-5H2,1-2H3. The second-order valence-corrected chi connectivity index (χ2v) is 3.84. The number of hydrogen-bond acceptors (Lipinski definition) is 2. The zero-order valence-corrected chi connectivity index (χ0v) is 6.68. The van der Waals surface area contributed by atoms with Crippen LogP contribution >= 0.6 is 0 Å². The maximum absolute atomic E-state index is 5.22. The summed E-state index contributed by atoms with van der Waals surface area (Å²) in [5.41, 5.74) is 0.634. The van der Waals surface area contributed by atoms with E-state index in [4.69, 9.17) is 4.74 Å². The van der Waals surface area contributed by atoms with Crippen LogP contribution in [0, 0.1) is 5.41 Å². The van der Waals surface area contributed by atoms with E-state index in [1.807, 2.05) is 0 Å². The van der Waals surface area contributed by atoms with Crippen LogP contribution in [0.3, 0.4) is 0 Å². The summed E-state index contributed by atoms with van der Waals surface area (Å²) in [6.07, 6.45) is 4.21. The van der Waals surface area contributed by atoms with Gasteiger partial charge in [-0.25, -0.2) is 0 Å². The molecular formula is C8H15NO. The molecule has 1 heterocycles. The summed E-state index contributed by atoms with van der Waals surface area (Å²) in [6, 6.07) is 0.756. The van der Waals surface area contributed by atoms with Gasteiger partial charge in [0.15, 0.2) is 0 Å². The first-order chi connectivity index (χ1) is 4.74. The largest absolute Gasteiger partial charge is 0.367 e. The molecule has 2 aliphatic rings. The van der Waals surface area contributed by atoms with E-state index in [1.54, 1.807) is 7.11 Å². The second kappa shape index (κ2) is 1.95. The summed E-state index contributed by atoms with van der Waals surface area (Å²) in [5, 5.41) is 3.46. The van der Waals surface area contributed by atoms with E-state index < -0.39 is 0 Å². The lowest BCUT2D eigenvalue weighted by atomic mass is 9.98. The lowest BCUT2D eigenvalue weighted by Gasteiger charge is -2.25. The number of hydrogen-bond donors (Lipinski definition) is 1. The van der Waals surface area contributed by atoms with Crippen LogP contribution in [0.4, 0.5) is 0 Å². The zero-order chi connectivity index (χ0) is 7.19. The Balaban J connectivity index is 1.93. The maximum atomic E-state index is 5.22. The molecule has 0 radical (unpaired) electrons. The monoisotopic (exact) mass is 141 g/mol. The molecule has 0 bridgehead atoms. The molecule has 1 aliphatic carbocycles. The second-order valence-electron chi connectivity index (χ2n) is 3.84. The third-order valence-corrected chi connectivity index (χ3v) is 3.00. The van der Waals surface area contributed by atoms with Crippen LogP contribution < -0.4 is 5.32 Å². The predicted octanol–water partition coefficient (Wildman–Crippen LogP) is 1.12. The third-order valence-electron chi connectivity index (χ3n) is 3.00. The van der Waals surface area contributed by atoms with E-state index in [2.05, 4.69) is 12.2 Å². The SMILES string of the molecule is COC1CCC2(C)CC2N1. The molecule has 1 saturated heterocycles. The molecule has 1 aliphatic heterocycles. The first-order valence-corrected chi connectivity index (χ1v) is 4.03.